The fourth-order valence-electron chi connectivity index (χ4n) is 1.95. The fourth-order valence-corrected chi connectivity index (χ4v) is 2.31. The number of aromatic amines is 1. The number of hydrogen-bond donors (Lipinski definition) is 2. The van der Waals surface area contributed by atoms with E-state index in [0.717, 1.165) is 21.6 Å². The molecule has 0 aliphatic carbocycles. The van der Waals surface area contributed by atoms with Crippen molar-refractivity contribution >= 4 is 32.9 Å². The minimum absolute atomic E-state index is 0.00990. The third kappa shape index (κ3) is 2.73. The average Bonchev–Trinajstić information content (AvgIpc) is 2.86. The minimum atomic E-state index is -1.47. The van der Waals surface area contributed by atoms with Crippen molar-refractivity contribution in [1.82, 2.24) is 9.97 Å². The Balaban J connectivity index is 1.82. The number of aromatic nitrogens is 2. The number of hydrogen-bond acceptors (Lipinski definition) is 2. The number of fused-ring (bicyclic) bond motifs is 1. The van der Waals surface area contributed by atoms with E-state index < -0.39 is 17.5 Å². The van der Waals surface area contributed by atoms with Crippen LogP contribution in [-0.2, 0) is 6.54 Å². The Morgan fingerprint density at radius 3 is 2.71 bits per heavy atom. The normalized spacial score (nSPS) is 11.0. The van der Waals surface area contributed by atoms with Gasteiger partial charge in [0.05, 0.1) is 11.0 Å². The SMILES string of the molecule is Fc1ccc(CNc2nc3ccc(Br)cc3[nH]2)c(F)c1F. The highest BCUT2D eigenvalue weighted by Crippen LogP contribution is 2.20. The summed E-state index contributed by atoms with van der Waals surface area (Å²) in [6, 6.07) is 7.61. The molecule has 0 fully saturated rings. The van der Waals surface area contributed by atoms with Crippen LogP contribution in [0.1, 0.15) is 5.56 Å². The lowest BCUT2D eigenvalue weighted by Crippen LogP contribution is -2.05. The Kier molecular flexibility index (Phi) is 3.59. The van der Waals surface area contributed by atoms with Crippen molar-refractivity contribution < 1.29 is 13.2 Å². The van der Waals surface area contributed by atoms with Gasteiger partial charge in [0.15, 0.2) is 17.5 Å². The van der Waals surface area contributed by atoms with Crippen molar-refractivity contribution in [1.29, 1.82) is 0 Å². The summed E-state index contributed by atoms with van der Waals surface area (Å²) in [6.07, 6.45) is 0. The molecule has 108 valence electrons. The number of halogens is 4. The van der Waals surface area contributed by atoms with Gasteiger partial charge >= 0.3 is 0 Å². The molecule has 7 heteroatoms. The summed E-state index contributed by atoms with van der Waals surface area (Å²) < 4.78 is 40.4. The highest BCUT2D eigenvalue weighted by Gasteiger charge is 2.13. The number of nitrogens with zero attached hydrogens (tertiary/aromatic N) is 1. The van der Waals surface area contributed by atoms with Crippen molar-refractivity contribution in [3.8, 4) is 0 Å². The first-order valence-corrected chi connectivity index (χ1v) is 6.85. The molecule has 0 aliphatic heterocycles. The minimum Gasteiger partial charge on any atom is -0.352 e. The lowest BCUT2D eigenvalue weighted by atomic mass is 10.2. The van der Waals surface area contributed by atoms with Gasteiger partial charge in [-0.1, -0.05) is 22.0 Å². The van der Waals surface area contributed by atoms with E-state index >= 15 is 0 Å². The molecule has 0 spiro atoms. The zero-order chi connectivity index (χ0) is 15.0. The van der Waals surface area contributed by atoms with Crippen LogP contribution in [0, 0.1) is 17.5 Å². The smallest absolute Gasteiger partial charge is 0.201 e. The van der Waals surface area contributed by atoms with E-state index in [2.05, 4.69) is 31.2 Å². The first-order chi connectivity index (χ1) is 10.0. The van der Waals surface area contributed by atoms with E-state index in [0.29, 0.717) is 5.95 Å². The maximum atomic E-state index is 13.5. The number of benzene rings is 2. The number of nitrogens with one attached hydrogen (secondary N) is 2. The molecule has 2 aromatic carbocycles. The van der Waals surface area contributed by atoms with Crippen LogP contribution < -0.4 is 5.32 Å². The number of imidazole rings is 1. The van der Waals surface area contributed by atoms with Gasteiger partial charge in [0.2, 0.25) is 5.95 Å². The van der Waals surface area contributed by atoms with E-state index in [1.165, 1.54) is 6.07 Å². The van der Waals surface area contributed by atoms with Crippen molar-refractivity contribution in [2.75, 3.05) is 5.32 Å². The second-order valence-electron chi connectivity index (χ2n) is 4.43. The lowest BCUT2D eigenvalue weighted by molar-refractivity contribution is 0.442. The summed E-state index contributed by atoms with van der Waals surface area (Å²) in [5.41, 5.74) is 1.57. The highest BCUT2D eigenvalue weighted by atomic mass is 79.9. The van der Waals surface area contributed by atoms with Gasteiger partial charge in [-0.25, -0.2) is 18.2 Å². The largest absolute Gasteiger partial charge is 0.352 e. The highest BCUT2D eigenvalue weighted by molar-refractivity contribution is 9.10. The lowest BCUT2D eigenvalue weighted by Gasteiger charge is -2.05. The van der Waals surface area contributed by atoms with Crippen molar-refractivity contribution in [2.24, 2.45) is 0 Å². The summed E-state index contributed by atoms with van der Waals surface area (Å²) in [6.45, 7) is -0.00990. The van der Waals surface area contributed by atoms with Gasteiger partial charge in [-0.15, -0.1) is 0 Å². The maximum absolute atomic E-state index is 13.5. The molecule has 3 rings (SSSR count). The van der Waals surface area contributed by atoms with Crippen LogP contribution in [0.15, 0.2) is 34.8 Å². The predicted molar refractivity (Wildman–Crippen MR) is 77.4 cm³/mol. The molecule has 2 N–H and O–H groups in total. The van der Waals surface area contributed by atoms with Gasteiger partial charge in [-0.2, -0.15) is 0 Å². The molecule has 0 unspecified atom stereocenters. The molecule has 0 aliphatic rings. The zero-order valence-corrected chi connectivity index (χ0v) is 12.1. The van der Waals surface area contributed by atoms with E-state index in [4.69, 9.17) is 0 Å². The third-order valence-corrected chi connectivity index (χ3v) is 3.50. The van der Waals surface area contributed by atoms with Gasteiger partial charge in [0, 0.05) is 16.6 Å². The summed E-state index contributed by atoms with van der Waals surface area (Å²) in [5.74, 6) is -3.44. The first-order valence-electron chi connectivity index (χ1n) is 6.06. The van der Waals surface area contributed by atoms with Crippen LogP contribution in [0.3, 0.4) is 0 Å². The van der Waals surface area contributed by atoms with Gasteiger partial charge in [-0.3, -0.25) is 0 Å². The molecule has 3 aromatic rings. The van der Waals surface area contributed by atoms with Crippen molar-refractivity contribution in [3.05, 3.63) is 57.8 Å². The van der Waals surface area contributed by atoms with Crippen LogP contribution in [0.4, 0.5) is 19.1 Å². The van der Waals surface area contributed by atoms with Crippen molar-refractivity contribution in [3.63, 3.8) is 0 Å². The summed E-state index contributed by atoms with van der Waals surface area (Å²) >= 11 is 3.35. The molecule has 0 amide bonds. The Bertz CT molecular complexity index is 817. The summed E-state index contributed by atoms with van der Waals surface area (Å²) in [5, 5.41) is 2.85. The number of H-pyrrole nitrogens is 1. The summed E-state index contributed by atoms with van der Waals surface area (Å²) in [4.78, 5) is 7.27. The van der Waals surface area contributed by atoms with E-state index in [1.54, 1.807) is 0 Å². The topological polar surface area (TPSA) is 40.7 Å². The standard InChI is InChI=1S/C14H9BrF3N3/c15-8-2-4-10-11(5-8)21-14(20-10)19-6-7-1-3-9(16)13(18)12(7)17/h1-5H,6H2,(H2,19,20,21). The molecular weight excluding hydrogens is 347 g/mol. The fraction of sp³-hybridized carbons (Fsp3) is 0.0714. The molecule has 21 heavy (non-hydrogen) atoms. The number of rotatable bonds is 3. The molecule has 0 bridgehead atoms. The molecule has 1 aromatic heterocycles. The summed E-state index contributed by atoms with van der Waals surface area (Å²) in [7, 11) is 0. The van der Waals surface area contributed by atoms with Gasteiger partial charge in [0.25, 0.3) is 0 Å². The van der Waals surface area contributed by atoms with E-state index in [9.17, 15) is 13.2 Å². The monoisotopic (exact) mass is 355 g/mol. The molecule has 0 atom stereocenters. The number of anilines is 1. The Hall–Kier alpha value is -2.02. The first kappa shape index (κ1) is 13.9. The van der Waals surface area contributed by atoms with E-state index in [1.807, 2.05) is 18.2 Å². The van der Waals surface area contributed by atoms with Crippen LogP contribution >= 0.6 is 15.9 Å². The third-order valence-electron chi connectivity index (χ3n) is 3.01. The van der Waals surface area contributed by atoms with Crippen molar-refractivity contribution in [2.45, 2.75) is 6.54 Å². The second-order valence-corrected chi connectivity index (χ2v) is 5.35. The van der Waals surface area contributed by atoms with Gasteiger partial charge < -0.3 is 10.3 Å². The van der Waals surface area contributed by atoms with Crippen LogP contribution in [0.5, 0.6) is 0 Å². The Morgan fingerprint density at radius 2 is 1.90 bits per heavy atom. The zero-order valence-electron chi connectivity index (χ0n) is 10.6. The van der Waals surface area contributed by atoms with E-state index in [-0.39, 0.29) is 12.1 Å². The quantitative estimate of drug-likeness (QED) is 0.685. The average molecular weight is 356 g/mol. The molecule has 0 saturated heterocycles. The second kappa shape index (κ2) is 5.40. The van der Waals surface area contributed by atoms with Crippen LogP contribution in [0.2, 0.25) is 0 Å². The van der Waals surface area contributed by atoms with Gasteiger partial charge in [0.1, 0.15) is 0 Å². The van der Waals surface area contributed by atoms with Gasteiger partial charge in [-0.05, 0) is 24.3 Å². The maximum Gasteiger partial charge on any atom is 0.201 e. The molecule has 0 saturated carbocycles. The van der Waals surface area contributed by atoms with Crippen LogP contribution in [0.25, 0.3) is 11.0 Å². The molecule has 0 radical (unpaired) electrons. The predicted octanol–water partition coefficient (Wildman–Crippen LogP) is 4.35. The molecule has 1 heterocycles. The Morgan fingerprint density at radius 1 is 1.10 bits per heavy atom. The molecule has 3 nitrogen and oxygen atoms in total. The van der Waals surface area contributed by atoms with Crippen LogP contribution in [-0.4, -0.2) is 9.97 Å². The molecular formula is C14H9BrF3N3. The Labute approximate surface area is 126 Å².